The van der Waals surface area contributed by atoms with Gasteiger partial charge in [-0.25, -0.2) is 19.2 Å². The van der Waals surface area contributed by atoms with Crippen molar-refractivity contribution in [2.75, 3.05) is 26.4 Å². The van der Waals surface area contributed by atoms with Crippen molar-refractivity contribution in [3.8, 4) is 33.8 Å². The van der Waals surface area contributed by atoms with E-state index in [-0.39, 0.29) is 22.3 Å². The zero-order chi connectivity index (χ0) is 36.3. The van der Waals surface area contributed by atoms with Crippen molar-refractivity contribution in [3.05, 3.63) is 96.6 Å². The van der Waals surface area contributed by atoms with Crippen LogP contribution in [0, 0.1) is 0 Å². The Hall–Kier alpha value is -5.71. The van der Waals surface area contributed by atoms with Gasteiger partial charge >= 0.3 is 23.9 Å². The number of aromatic carboxylic acids is 2. The number of hydrogen-bond acceptors (Lipinski definition) is 9. The van der Waals surface area contributed by atoms with E-state index in [0.29, 0.717) is 67.3 Å². The van der Waals surface area contributed by atoms with E-state index in [9.17, 15) is 34.2 Å². The summed E-state index contributed by atoms with van der Waals surface area (Å²) >= 11 is 0. The molecule has 2 N–H and O–H groups in total. The van der Waals surface area contributed by atoms with E-state index in [1.807, 2.05) is 0 Å². The molecule has 0 aliphatic heterocycles. The predicted octanol–water partition coefficient (Wildman–Crippen LogP) is 7.57. The second-order valence-electron chi connectivity index (χ2n) is 11.2. The monoisotopic (exact) mass is 686 g/mol. The highest BCUT2D eigenvalue weighted by Gasteiger charge is 2.19. The molecular weight excluding hydrogens is 644 g/mol. The number of carbonyl (C=O) groups excluding carboxylic acids is 3. The van der Waals surface area contributed by atoms with Gasteiger partial charge in [0.15, 0.2) is 6.29 Å². The van der Waals surface area contributed by atoms with Gasteiger partial charge in [0.25, 0.3) is 0 Å². The van der Waals surface area contributed by atoms with Gasteiger partial charge in [0, 0.05) is 23.3 Å². The summed E-state index contributed by atoms with van der Waals surface area (Å²) in [6, 6.07) is 13.9. The van der Waals surface area contributed by atoms with Gasteiger partial charge in [-0.2, -0.15) is 0 Å². The molecule has 0 spiro atoms. The smallest absolute Gasteiger partial charge is 0.336 e. The lowest BCUT2D eigenvalue weighted by atomic mass is 9.91. The topological polar surface area (TPSA) is 163 Å². The maximum atomic E-state index is 12.3. The van der Waals surface area contributed by atoms with Crippen LogP contribution in [0.3, 0.4) is 0 Å². The number of carboxylic acid groups (broad SMARTS) is 2. The Morgan fingerprint density at radius 1 is 0.560 bits per heavy atom. The zero-order valence-corrected chi connectivity index (χ0v) is 27.9. The summed E-state index contributed by atoms with van der Waals surface area (Å²) in [6.45, 7) is 8.12. The molecule has 3 aromatic rings. The molecule has 0 saturated heterocycles. The first-order chi connectivity index (χ1) is 24.2. The third-order valence-corrected chi connectivity index (χ3v) is 7.66. The summed E-state index contributed by atoms with van der Waals surface area (Å²) < 4.78 is 21.7. The molecular formula is C39H42O11. The van der Waals surface area contributed by atoms with Gasteiger partial charge in [0.1, 0.15) is 11.5 Å². The Bertz CT molecular complexity index is 1670. The molecule has 11 heteroatoms. The highest BCUT2D eigenvalue weighted by atomic mass is 16.5. The molecule has 0 bridgehead atoms. The largest absolute Gasteiger partial charge is 0.494 e. The lowest BCUT2D eigenvalue weighted by Gasteiger charge is -2.15. The van der Waals surface area contributed by atoms with E-state index < -0.39 is 23.9 Å². The van der Waals surface area contributed by atoms with Crippen molar-refractivity contribution in [2.45, 2.75) is 51.4 Å². The predicted molar refractivity (Wildman–Crippen MR) is 187 cm³/mol. The standard InChI is InChI=1S/C39H42O11/c1-3-36(41)49-21-11-7-5-9-19-47-29-14-17-32(38(43)44)34(24-29)27-13-16-31(28(23-27)26-40)35-25-30(15-18-33(35)39(45)46)48-20-10-6-8-12-22-50-37(42)4-2/h3-4,13-18,23-26H,1-2,5-12,19-22H2,(H,43,44)(H,45,46). The number of rotatable bonds is 23. The molecule has 0 fully saturated rings. The minimum atomic E-state index is -1.18. The summed E-state index contributed by atoms with van der Waals surface area (Å²) in [4.78, 5) is 58.8. The van der Waals surface area contributed by atoms with Crippen LogP contribution in [0.2, 0.25) is 0 Å². The van der Waals surface area contributed by atoms with E-state index in [1.54, 1.807) is 36.4 Å². The van der Waals surface area contributed by atoms with Gasteiger partial charge in [-0.3, -0.25) is 4.79 Å². The van der Waals surface area contributed by atoms with Gasteiger partial charge in [-0.05, 0) is 111 Å². The molecule has 0 aromatic heterocycles. The van der Waals surface area contributed by atoms with Gasteiger partial charge < -0.3 is 29.2 Å². The zero-order valence-electron chi connectivity index (χ0n) is 27.9. The van der Waals surface area contributed by atoms with Gasteiger partial charge in [-0.1, -0.05) is 25.3 Å². The molecule has 50 heavy (non-hydrogen) atoms. The molecule has 0 heterocycles. The molecule has 0 aliphatic carbocycles. The number of unbranched alkanes of at least 4 members (excludes halogenated alkanes) is 6. The molecule has 3 aromatic carbocycles. The highest BCUT2D eigenvalue weighted by molar-refractivity contribution is 6.01. The molecule has 3 rings (SSSR count). The average molecular weight is 687 g/mol. The Labute approximate surface area is 291 Å². The number of esters is 2. The van der Waals surface area contributed by atoms with Crippen LogP contribution in [0.15, 0.2) is 79.9 Å². The van der Waals surface area contributed by atoms with Crippen LogP contribution in [0.25, 0.3) is 22.3 Å². The van der Waals surface area contributed by atoms with E-state index in [1.165, 1.54) is 18.2 Å². The molecule has 264 valence electrons. The number of hydrogen-bond donors (Lipinski definition) is 2. The highest BCUT2D eigenvalue weighted by Crippen LogP contribution is 2.35. The van der Waals surface area contributed by atoms with E-state index in [0.717, 1.165) is 57.1 Å². The normalized spacial score (nSPS) is 10.5. The number of benzene rings is 3. The first-order valence-electron chi connectivity index (χ1n) is 16.4. The van der Waals surface area contributed by atoms with Crippen LogP contribution >= 0.6 is 0 Å². The maximum Gasteiger partial charge on any atom is 0.336 e. The number of aldehydes is 1. The van der Waals surface area contributed by atoms with Crippen molar-refractivity contribution in [1.29, 1.82) is 0 Å². The van der Waals surface area contributed by atoms with Crippen molar-refractivity contribution in [1.82, 2.24) is 0 Å². The summed E-state index contributed by atoms with van der Waals surface area (Å²) in [6.07, 6.45) is 9.10. The van der Waals surface area contributed by atoms with Gasteiger partial charge in [0.05, 0.1) is 37.6 Å². The summed E-state index contributed by atoms with van der Waals surface area (Å²) in [5, 5.41) is 19.8. The van der Waals surface area contributed by atoms with Crippen LogP contribution in [0.4, 0.5) is 0 Å². The molecule has 0 atom stereocenters. The lowest BCUT2D eigenvalue weighted by molar-refractivity contribution is -0.138. The van der Waals surface area contributed by atoms with Crippen LogP contribution in [-0.4, -0.2) is 66.8 Å². The second kappa shape index (κ2) is 20.6. The van der Waals surface area contributed by atoms with Crippen molar-refractivity contribution in [2.24, 2.45) is 0 Å². The fourth-order valence-corrected chi connectivity index (χ4v) is 5.09. The van der Waals surface area contributed by atoms with Crippen molar-refractivity contribution < 1.29 is 53.1 Å². The molecule has 0 amide bonds. The number of ether oxygens (including phenoxy) is 4. The van der Waals surface area contributed by atoms with E-state index >= 15 is 0 Å². The van der Waals surface area contributed by atoms with Gasteiger partial charge in [-0.15, -0.1) is 0 Å². The molecule has 0 radical (unpaired) electrons. The first kappa shape index (κ1) is 38.7. The van der Waals surface area contributed by atoms with Crippen molar-refractivity contribution in [3.63, 3.8) is 0 Å². The quantitative estimate of drug-likeness (QED) is 0.0438. The van der Waals surface area contributed by atoms with Crippen molar-refractivity contribution >= 4 is 30.2 Å². The van der Waals surface area contributed by atoms with E-state index in [4.69, 9.17) is 18.9 Å². The average Bonchev–Trinajstić information content (AvgIpc) is 3.12. The van der Waals surface area contributed by atoms with E-state index in [2.05, 4.69) is 13.2 Å². The molecule has 0 aliphatic rings. The molecule has 11 nitrogen and oxygen atoms in total. The minimum absolute atomic E-state index is 0.00965. The lowest BCUT2D eigenvalue weighted by Crippen LogP contribution is -2.04. The Balaban J connectivity index is 1.72. The van der Waals surface area contributed by atoms with Crippen LogP contribution < -0.4 is 9.47 Å². The van der Waals surface area contributed by atoms with Crippen LogP contribution in [0.5, 0.6) is 11.5 Å². The minimum Gasteiger partial charge on any atom is -0.494 e. The fourth-order valence-electron chi connectivity index (χ4n) is 5.09. The third-order valence-electron chi connectivity index (χ3n) is 7.66. The number of carbonyl (C=O) groups is 5. The van der Waals surface area contributed by atoms with Crippen LogP contribution in [0.1, 0.15) is 82.4 Å². The van der Waals surface area contributed by atoms with Gasteiger partial charge in [0.2, 0.25) is 0 Å². The Morgan fingerprint density at radius 2 is 1.02 bits per heavy atom. The second-order valence-corrected chi connectivity index (χ2v) is 11.2. The summed E-state index contributed by atoms with van der Waals surface area (Å²) in [7, 11) is 0. The SMILES string of the molecule is C=CC(=O)OCCCCCCOc1ccc(C(=O)O)c(-c2ccc(-c3cc(OCCCCCCOC(=O)C=C)ccc3C(=O)O)c(C=O)c2)c1. The Morgan fingerprint density at radius 3 is 1.48 bits per heavy atom. The first-order valence-corrected chi connectivity index (χ1v) is 16.4. The summed E-state index contributed by atoms with van der Waals surface area (Å²) in [5.41, 5.74) is 1.56. The third kappa shape index (κ3) is 12.1. The maximum absolute atomic E-state index is 12.3. The number of carboxylic acids is 2. The van der Waals surface area contributed by atoms with Crippen LogP contribution in [-0.2, 0) is 19.1 Å². The Kier molecular flexibility index (Phi) is 16.0. The fraction of sp³-hybridized carbons (Fsp3) is 0.308. The molecule has 0 saturated carbocycles. The summed E-state index contributed by atoms with van der Waals surface area (Å²) in [5.74, 6) is -2.35. The molecule has 0 unspecified atom stereocenters.